The quantitative estimate of drug-likeness (QED) is 0.921. The van der Waals surface area contributed by atoms with Crippen LogP contribution < -0.4 is 0 Å². The second kappa shape index (κ2) is 5.32. The van der Waals surface area contributed by atoms with Gasteiger partial charge in [-0.1, -0.05) is 26.0 Å². The minimum Gasteiger partial charge on any atom is -0.508 e. The number of nitrogens with zero attached hydrogens (tertiary/aromatic N) is 1. The van der Waals surface area contributed by atoms with Crippen LogP contribution >= 0.6 is 11.8 Å². The van der Waals surface area contributed by atoms with Gasteiger partial charge >= 0.3 is 0 Å². The van der Waals surface area contributed by atoms with E-state index in [4.69, 9.17) is 0 Å². The van der Waals surface area contributed by atoms with Crippen LogP contribution in [0.1, 0.15) is 45.4 Å². The van der Waals surface area contributed by atoms with E-state index in [1.807, 2.05) is 17.0 Å². The summed E-state index contributed by atoms with van der Waals surface area (Å²) >= 11 is 1.72. The molecule has 1 aliphatic heterocycles. The predicted octanol–water partition coefficient (Wildman–Crippen LogP) is 3.79. The van der Waals surface area contributed by atoms with Gasteiger partial charge in [0, 0.05) is 6.04 Å². The Bertz CT molecular complexity index is 498. The number of aromatic hydroxyl groups is 1. The van der Waals surface area contributed by atoms with Crippen molar-refractivity contribution in [2.24, 2.45) is 5.92 Å². The first kappa shape index (κ1) is 15.2. The number of hydrogen-bond acceptors (Lipinski definition) is 3. The fourth-order valence-corrected chi connectivity index (χ4v) is 4.40. The number of carbonyl (C=O) groups is 1. The lowest BCUT2D eigenvalue weighted by molar-refractivity contribution is -0.134. The molecule has 2 atom stereocenters. The van der Waals surface area contributed by atoms with Crippen LogP contribution in [0.15, 0.2) is 24.3 Å². The Kier molecular flexibility index (Phi) is 4.05. The second-order valence-corrected chi connectivity index (χ2v) is 7.63. The van der Waals surface area contributed by atoms with E-state index >= 15 is 0 Å². The summed E-state index contributed by atoms with van der Waals surface area (Å²) in [6.07, 6.45) is 0. The lowest BCUT2D eigenvalue weighted by atomic mass is 10.0. The van der Waals surface area contributed by atoms with Gasteiger partial charge in [-0.15, -0.1) is 11.8 Å². The van der Waals surface area contributed by atoms with Crippen LogP contribution in [0.5, 0.6) is 5.75 Å². The van der Waals surface area contributed by atoms with Gasteiger partial charge in [-0.2, -0.15) is 0 Å². The van der Waals surface area contributed by atoms with Crippen molar-refractivity contribution in [2.75, 3.05) is 0 Å². The van der Waals surface area contributed by atoms with Crippen molar-refractivity contribution >= 4 is 17.7 Å². The Morgan fingerprint density at radius 2 is 1.75 bits per heavy atom. The van der Waals surface area contributed by atoms with Gasteiger partial charge in [-0.3, -0.25) is 4.79 Å². The van der Waals surface area contributed by atoms with E-state index < -0.39 is 0 Å². The minimum atomic E-state index is -0.187. The molecule has 4 heteroatoms. The average Bonchev–Trinajstić information content (AvgIpc) is 2.63. The molecule has 0 saturated carbocycles. The topological polar surface area (TPSA) is 40.5 Å². The number of phenolic OH excluding ortho intramolecular Hbond substituents is 1. The van der Waals surface area contributed by atoms with Gasteiger partial charge in [0.05, 0.1) is 4.87 Å². The van der Waals surface area contributed by atoms with E-state index in [9.17, 15) is 9.90 Å². The first-order chi connectivity index (χ1) is 9.27. The molecule has 1 N–H and O–H groups in total. The number of rotatable bonds is 3. The molecule has 1 aromatic rings. The monoisotopic (exact) mass is 293 g/mol. The van der Waals surface area contributed by atoms with E-state index in [1.54, 1.807) is 23.9 Å². The van der Waals surface area contributed by atoms with Crippen LogP contribution in [0.3, 0.4) is 0 Å². The van der Waals surface area contributed by atoms with Gasteiger partial charge in [-0.05, 0) is 44.4 Å². The highest BCUT2D eigenvalue weighted by atomic mass is 32.2. The third-order valence-electron chi connectivity index (χ3n) is 4.08. The van der Waals surface area contributed by atoms with Crippen LogP contribution in [0.4, 0.5) is 0 Å². The lowest BCUT2D eigenvalue weighted by Crippen LogP contribution is -2.49. The van der Waals surface area contributed by atoms with Gasteiger partial charge in [0.15, 0.2) is 0 Å². The molecule has 0 spiro atoms. The summed E-state index contributed by atoms with van der Waals surface area (Å²) in [5, 5.41) is 9.22. The molecule has 0 radical (unpaired) electrons. The molecule has 2 unspecified atom stereocenters. The van der Waals surface area contributed by atoms with Crippen molar-refractivity contribution in [3.8, 4) is 5.75 Å². The van der Waals surface area contributed by atoms with Crippen LogP contribution in [-0.4, -0.2) is 26.8 Å². The molecule has 110 valence electrons. The highest BCUT2D eigenvalue weighted by Gasteiger charge is 2.51. The Labute approximate surface area is 125 Å². The summed E-state index contributed by atoms with van der Waals surface area (Å²) in [7, 11) is 0. The van der Waals surface area contributed by atoms with E-state index in [2.05, 4.69) is 34.6 Å². The van der Waals surface area contributed by atoms with Gasteiger partial charge in [0.1, 0.15) is 11.0 Å². The minimum absolute atomic E-state index is 0.173. The highest BCUT2D eigenvalue weighted by molar-refractivity contribution is 8.02. The zero-order chi connectivity index (χ0) is 15.1. The smallest absolute Gasteiger partial charge is 0.241 e. The zero-order valence-electron chi connectivity index (χ0n) is 12.8. The molecule has 1 aromatic carbocycles. The van der Waals surface area contributed by atoms with E-state index in [1.165, 1.54) is 0 Å². The molecule has 0 aromatic heterocycles. The van der Waals surface area contributed by atoms with Crippen LogP contribution in [0, 0.1) is 5.92 Å². The lowest BCUT2D eigenvalue weighted by Gasteiger charge is -2.40. The highest BCUT2D eigenvalue weighted by Crippen LogP contribution is 2.53. The summed E-state index contributed by atoms with van der Waals surface area (Å²) < 4.78 is 0. The standard InChI is InChI=1S/C16H23NO2S/c1-10(2)16(5)17(11(3)4)15(19)14(20-16)12-6-8-13(18)9-7-12/h6-11,14,18H,1-5H3. The molecule has 0 aliphatic carbocycles. The van der Waals surface area contributed by atoms with Crippen molar-refractivity contribution in [1.82, 2.24) is 4.90 Å². The largest absolute Gasteiger partial charge is 0.508 e. The number of benzene rings is 1. The van der Waals surface area contributed by atoms with Gasteiger partial charge < -0.3 is 10.0 Å². The molecule has 1 fully saturated rings. The Hall–Kier alpha value is -1.16. The number of phenols is 1. The molecule has 1 saturated heterocycles. The Morgan fingerprint density at radius 1 is 1.20 bits per heavy atom. The first-order valence-electron chi connectivity index (χ1n) is 7.07. The number of carbonyl (C=O) groups excluding carboxylic acids is 1. The van der Waals surface area contributed by atoms with Crippen LogP contribution in [-0.2, 0) is 4.79 Å². The summed E-state index contributed by atoms with van der Waals surface area (Å²) in [6, 6.07) is 7.16. The van der Waals surface area contributed by atoms with E-state index in [-0.39, 0.29) is 27.8 Å². The SMILES string of the molecule is CC(C)N1C(=O)C(c2ccc(O)cc2)SC1(C)C(C)C. The zero-order valence-corrected chi connectivity index (χ0v) is 13.6. The molecule has 3 nitrogen and oxygen atoms in total. The Balaban J connectivity index is 2.39. The maximum Gasteiger partial charge on any atom is 0.241 e. The van der Waals surface area contributed by atoms with Gasteiger partial charge in [0.25, 0.3) is 0 Å². The molecular weight excluding hydrogens is 270 g/mol. The van der Waals surface area contributed by atoms with Gasteiger partial charge in [-0.25, -0.2) is 0 Å². The van der Waals surface area contributed by atoms with Crippen molar-refractivity contribution in [2.45, 2.75) is 50.8 Å². The number of amides is 1. The molecule has 20 heavy (non-hydrogen) atoms. The van der Waals surface area contributed by atoms with Crippen molar-refractivity contribution < 1.29 is 9.90 Å². The maximum absolute atomic E-state index is 12.8. The van der Waals surface area contributed by atoms with Crippen LogP contribution in [0.25, 0.3) is 0 Å². The fourth-order valence-electron chi connectivity index (χ4n) is 2.73. The van der Waals surface area contributed by atoms with Crippen LogP contribution in [0.2, 0.25) is 0 Å². The second-order valence-electron chi connectivity index (χ2n) is 6.10. The molecule has 1 aliphatic rings. The third-order valence-corrected chi connectivity index (χ3v) is 5.93. The molecule has 2 rings (SSSR count). The molecule has 0 bridgehead atoms. The average molecular weight is 293 g/mol. The molecular formula is C16H23NO2S. The Morgan fingerprint density at radius 3 is 2.15 bits per heavy atom. The summed E-state index contributed by atoms with van der Waals surface area (Å²) in [5.74, 6) is 0.782. The van der Waals surface area contributed by atoms with E-state index in [0.29, 0.717) is 5.92 Å². The summed E-state index contributed by atoms with van der Waals surface area (Å²) in [4.78, 5) is 14.6. The number of thioether (sulfide) groups is 1. The maximum atomic E-state index is 12.8. The van der Waals surface area contributed by atoms with Gasteiger partial charge in [0.2, 0.25) is 5.91 Å². The first-order valence-corrected chi connectivity index (χ1v) is 7.95. The summed E-state index contributed by atoms with van der Waals surface area (Å²) in [6.45, 7) is 10.6. The van der Waals surface area contributed by atoms with Crippen molar-refractivity contribution in [3.63, 3.8) is 0 Å². The predicted molar refractivity (Wildman–Crippen MR) is 83.7 cm³/mol. The number of hydrogen-bond donors (Lipinski definition) is 1. The molecule has 1 heterocycles. The van der Waals surface area contributed by atoms with Crippen molar-refractivity contribution in [1.29, 1.82) is 0 Å². The normalized spacial score (nSPS) is 26.9. The fraction of sp³-hybridized carbons (Fsp3) is 0.562. The third kappa shape index (κ3) is 2.41. The summed E-state index contributed by atoms with van der Waals surface area (Å²) in [5.41, 5.74) is 0.966. The van der Waals surface area contributed by atoms with E-state index in [0.717, 1.165) is 5.56 Å². The molecule has 1 amide bonds. The van der Waals surface area contributed by atoms with Crippen molar-refractivity contribution in [3.05, 3.63) is 29.8 Å².